The van der Waals surface area contributed by atoms with Crippen LogP contribution in [0.3, 0.4) is 0 Å². The highest BCUT2D eigenvalue weighted by atomic mass is 16.7. The second-order valence-corrected chi connectivity index (χ2v) is 2.32. The third-order valence-corrected chi connectivity index (χ3v) is 1.54. The van der Waals surface area contributed by atoms with E-state index in [1.807, 2.05) is 0 Å². The van der Waals surface area contributed by atoms with Gasteiger partial charge in [0, 0.05) is 7.05 Å². The van der Waals surface area contributed by atoms with Crippen LogP contribution in [0.1, 0.15) is 0 Å². The quantitative estimate of drug-likeness (QED) is 0.619. The van der Waals surface area contributed by atoms with Crippen LogP contribution >= 0.6 is 0 Å². The third kappa shape index (κ3) is 1.57. The lowest BCUT2D eigenvalue weighted by atomic mass is 10.4. The smallest absolute Gasteiger partial charge is 0.154 e. The van der Waals surface area contributed by atoms with Crippen LogP contribution in [0.4, 0.5) is 17.3 Å². The highest BCUT2D eigenvalue weighted by Gasteiger charge is 2.02. The van der Waals surface area contributed by atoms with Crippen LogP contribution in [0, 0.1) is 0 Å². The van der Waals surface area contributed by atoms with Crippen molar-refractivity contribution in [3.63, 3.8) is 0 Å². The molecule has 0 bridgehead atoms. The molecular weight excluding hydrogens is 156 g/mol. The molecule has 0 unspecified atom stereocenters. The summed E-state index contributed by atoms with van der Waals surface area (Å²) >= 11 is 0. The summed E-state index contributed by atoms with van der Waals surface area (Å²) in [6, 6.07) is 3.42. The van der Waals surface area contributed by atoms with Crippen molar-refractivity contribution in [1.29, 1.82) is 0 Å². The molecule has 1 aromatic rings. The average molecular weight is 168 g/mol. The first-order chi connectivity index (χ1) is 5.65. The number of nitrogens with two attached hydrogens (primary N) is 2. The molecule has 0 aliphatic heterocycles. The topological polar surface area (TPSA) is 77.4 Å². The largest absolute Gasteiger partial charge is 0.396 e. The lowest BCUT2D eigenvalue weighted by Gasteiger charge is -2.14. The minimum atomic E-state index is 0.316. The Morgan fingerprint density at radius 1 is 1.42 bits per heavy atom. The average Bonchev–Trinajstić information content (AvgIpc) is 2.08. The molecule has 12 heavy (non-hydrogen) atoms. The Kier molecular flexibility index (Phi) is 2.35. The lowest BCUT2D eigenvalue weighted by Crippen LogP contribution is -2.16. The zero-order valence-electron chi connectivity index (χ0n) is 7.11. The Hall–Kier alpha value is -1.49. The van der Waals surface area contributed by atoms with E-state index < -0.39 is 0 Å². The van der Waals surface area contributed by atoms with E-state index in [2.05, 4.69) is 4.98 Å². The summed E-state index contributed by atoms with van der Waals surface area (Å²) in [7, 11) is 3.28. The van der Waals surface area contributed by atoms with Crippen LogP contribution in [0.25, 0.3) is 0 Å². The fraction of sp³-hybridized carbons (Fsp3) is 0.286. The van der Waals surface area contributed by atoms with Crippen LogP contribution in [-0.2, 0) is 4.84 Å². The first-order valence-electron chi connectivity index (χ1n) is 3.45. The summed E-state index contributed by atoms with van der Waals surface area (Å²) in [5.74, 6) is 0.945. The van der Waals surface area contributed by atoms with E-state index >= 15 is 0 Å². The molecule has 1 aromatic heterocycles. The number of nitrogens with zero attached hydrogens (tertiary/aromatic N) is 2. The van der Waals surface area contributed by atoms with Crippen molar-refractivity contribution in [3.8, 4) is 0 Å². The van der Waals surface area contributed by atoms with Crippen molar-refractivity contribution in [2.75, 3.05) is 30.7 Å². The van der Waals surface area contributed by atoms with Gasteiger partial charge in [-0.1, -0.05) is 0 Å². The summed E-state index contributed by atoms with van der Waals surface area (Å²) in [5, 5.41) is 1.50. The lowest BCUT2D eigenvalue weighted by molar-refractivity contribution is 0.182. The number of anilines is 3. The third-order valence-electron chi connectivity index (χ3n) is 1.54. The zero-order chi connectivity index (χ0) is 9.14. The summed E-state index contributed by atoms with van der Waals surface area (Å²) in [6.45, 7) is 0. The molecule has 0 radical (unpaired) electrons. The molecule has 4 N–H and O–H groups in total. The SMILES string of the molecule is CON(C)c1ccc(N)c(N)n1. The summed E-state index contributed by atoms with van der Waals surface area (Å²) in [4.78, 5) is 8.90. The molecule has 0 aliphatic carbocycles. The van der Waals surface area contributed by atoms with Crippen LogP contribution in [0.5, 0.6) is 0 Å². The summed E-state index contributed by atoms with van der Waals surface area (Å²) < 4.78 is 0. The standard InChI is InChI=1S/C7H12N4O/c1-11(12-2)6-4-3-5(8)7(9)10-6/h3-4H,8H2,1-2H3,(H2,9,10). The monoisotopic (exact) mass is 168 g/mol. The minimum absolute atomic E-state index is 0.316. The molecule has 0 aliphatic rings. The van der Waals surface area contributed by atoms with Crippen molar-refractivity contribution in [2.24, 2.45) is 0 Å². The van der Waals surface area contributed by atoms with E-state index in [0.717, 1.165) is 0 Å². The molecule has 66 valence electrons. The predicted octanol–water partition coefficient (Wildman–Crippen LogP) is 0.244. The van der Waals surface area contributed by atoms with Gasteiger partial charge in [0.25, 0.3) is 0 Å². The van der Waals surface area contributed by atoms with Gasteiger partial charge in [-0.15, -0.1) is 0 Å². The number of hydrogen-bond donors (Lipinski definition) is 2. The Balaban J connectivity index is 2.96. The molecule has 5 heteroatoms. The van der Waals surface area contributed by atoms with Crippen molar-refractivity contribution in [1.82, 2.24) is 4.98 Å². The van der Waals surface area contributed by atoms with Crippen LogP contribution in [0.15, 0.2) is 12.1 Å². The molecule has 0 amide bonds. The molecule has 0 atom stereocenters. The minimum Gasteiger partial charge on any atom is -0.396 e. The highest BCUT2D eigenvalue weighted by Crippen LogP contribution is 2.16. The van der Waals surface area contributed by atoms with Gasteiger partial charge in [0.2, 0.25) is 0 Å². The molecule has 0 saturated heterocycles. The van der Waals surface area contributed by atoms with Crippen molar-refractivity contribution in [3.05, 3.63) is 12.1 Å². The van der Waals surface area contributed by atoms with Crippen molar-refractivity contribution < 1.29 is 4.84 Å². The Bertz CT molecular complexity index is 276. The van der Waals surface area contributed by atoms with Gasteiger partial charge < -0.3 is 11.5 Å². The maximum atomic E-state index is 5.49. The van der Waals surface area contributed by atoms with Gasteiger partial charge in [0.05, 0.1) is 12.8 Å². The van der Waals surface area contributed by atoms with Gasteiger partial charge in [-0.25, -0.2) is 10.0 Å². The summed E-state index contributed by atoms with van der Waals surface area (Å²) in [6.07, 6.45) is 0. The zero-order valence-corrected chi connectivity index (χ0v) is 7.11. The molecule has 5 nitrogen and oxygen atoms in total. The molecular formula is C7H12N4O. The Morgan fingerprint density at radius 2 is 2.08 bits per heavy atom. The molecule has 0 spiro atoms. The van der Waals surface area contributed by atoms with Crippen molar-refractivity contribution >= 4 is 17.3 Å². The maximum Gasteiger partial charge on any atom is 0.154 e. The number of hydrogen-bond acceptors (Lipinski definition) is 5. The van der Waals surface area contributed by atoms with Gasteiger partial charge in [0.15, 0.2) is 5.82 Å². The van der Waals surface area contributed by atoms with E-state index in [0.29, 0.717) is 17.3 Å². The van der Waals surface area contributed by atoms with Gasteiger partial charge in [-0.2, -0.15) is 0 Å². The number of aromatic nitrogens is 1. The number of rotatable bonds is 2. The van der Waals surface area contributed by atoms with E-state index in [4.69, 9.17) is 16.3 Å². The second-order valence-electron chi connectivity index (χ2n) is 2.32. The fourth-order valence-corrected chi connectivity index (χ4v) is 0.744. The van der Waals surface area contributed by atoms with Crippen LogP contribution in [-0.4, -0.2) is 19.1 Å². The van der Waals surface area contributed by atoms with E-state index in [-0.39, 0.29) is 0 Å². The maximum absolute atomic E-state index is 5.49. The fourth-order valence-electron chi connectivity index (χ4n) is 0.744. The van der Waals surface area contributed by atoms with Gasteiger partial charge in [0.1, 0.15) is 5.82 Å². The normalized spacial score (nSPS) is 9.83. The van der Waals surface area contributed by atoms with Crippen LogP contribution in [0.2, 0.25) is 0 Å². The molecule has 1 heterocycles. The van der Waals surface area contributed by atoms with E-state index in [1.165, 1.54) is 5.06 Å². The number of pyridine rings is 1. The first-order valence-corrected chi connectivity index (χ1v) is 3.45. The predicted molar refractivity (Wildman–Crippen MR) is 48.5 cm³/mol. The molecule has 0 fully saturated rings. The molecule has 1 rings (SSSR count). The van der Waals surface area contributed by atoms with Crippen LogP contribution < -0.4 is 16.5 Å². The highest BCUT2D eigenvalue weighted by molar-refractivity contribution is 5.61. The van der Waals surface area contributed by atoms with Gasteiger partial charge in [-0.3, -0.25) is 4.84 Å². The van der Waals surface area contributed by atoms with E-state index in [1.54, 1.807) is 26.3 Å². The summed E-state index contributed by atoms with van der Waals surface area (Å²) in [5.41, 5.74) is 11.5. The first kappa shape index (κ1) is 8.61. The van der Waals surface area contributed by atoms with Gasteiger partial charge in [-0.05, 0) is 12.1 Å². The Labute approximate surface area is 70.9 Å². The number of nitrogen functional groups attached to an aromatic ring is 2. The van der Waals surface area contributed by atoms with E-state index in [9.17, 15) is 0 Å². The second kappa shape index (κ2) is 3.27. The molecule has 0 saturated carbocycles. The Morgan fingerprint density at radius 3 is 2.58 bits per heavy atom. The number of hydroxylamine groups is 1. The van der Waals surface area contributed by atoms with Gasteiger partial charge >= 0.3 is 0 Å². The van der Waals surface area contributed by atoms with Crippen molar-refractivity contribution in [2.45, 2.75) is 0 Å². The molecule has 0 aromatic carbocycles.